The minimum atomic E-state index is -0.109. The average molecular weight is 444 g/mol. The average Bonchev–Trinajstić information content (AvgIpc) is 3.18. The van der Waals surface area contributed by atoms with Crippen molar-refractivity contribution in [2.24, 2.45) is 0 Å². The van der Waals surface area contributed by atoms with Gasteiger partial charge in [-0.1, -0.05) is 23.2 Å². The lowest BCUT2D eigenvalue weighted by molar-refractivity contribution is 0.0629. The van der Waals surface area contributed by atoms with Crippen molar-refractivity contribution < 1.29 is 14.3 Å². The third-order valence-corrected chi connectivity index (χ3v) is 6.44. The molecule has 1 atom stereocenters. The molecule has 1 aromatic heterocycles. The molecule has 2 aliphatic rings. The van der Waals surface area contributed by atoms with Crippen LogP contribution in [0.3, 0.4) is 0 Å². The normalized spacial score (nSPS) is 17.3. The van der Waals surface area contributed by atoms with Gasteiger partial charge in [-0.25, -0.2) is 4.68 Å². The molecular weight excluding hydrogens is 425 g/mol. The lowest BCUT2D eigenvalue weighted by atomic mass is 9.85. The van der Waals surface area contributed by atoms with E-state index >= 15 is 0 Å². The van der Waals surface area contributed by atoms with E-state index in [0.717, 1.165) is 23.2 Å². The van der Waals surface area contributed by atoms with E-state index in [2.05, 4.69) is 5.10 Å². The zero-order chi connectivity index (χ0) is 21.0. The van der Waals surface area contributed by atoms with Crippen molar-refractivity contribution in [1.29, 1.82) is 0 Å². The van der Waals surface area contributed by atoms with Crippen molar-refractivity contribution in [3.63, 3.8) is 0 Å². The first-order chi connectivity index (χ1) is 14.5. The fourth-order valence-corrected chi connectivity index (χ4v) is 4.80. The third kappa shape index (κ3) is 2.86. The van der Waals surface area contributed by atoms with Gasteiger partial charge in [-0.2, -0.15) is 5.10 Å². The molecule has 8 heteroatoms. The van der Waals surface area contributed by atoms with E-state index in [1.54, 1.807) is 43.3 Å². The summed E-state index contributed by atoms with van der Waals surface area (Å²) in [6.45, 7) is 0.647. The number of halogens is 2. The first-order valence-electron chi connectivity index (χ1n) is 9.60. The van der Waals surface area contributed by atoms with Gasteiger partial charge < -0.3 is 14.4 Å². The van der Waals surface area contributed by atoms with Gasteiger partial charge in [0, 0.05) is 18.0 Å². The number of nitrogens with zero attached hydrogens (tertiary/aromatic N) is 3. The van der Waals surface area contributed by atoms with Crippen molar-refractivity contribution in [1.82, 2.24) is 14.7 Å². The summed E-state index contributed by atoms with van der Waals surface area (Å²) in [5.41, 5.74) is 4.33. The van der Waals surface area contributed by atoms with Gasteiger partial charge in [0.25, 0.3) is 5.91 Å². The molecule has 0 radical (unpaired) electrons. The molecule has 0 bridgehead atoms. The van der Waals surface area contributed by atoms with E-state index in [-0.39, 0.29) is 11.9 Å². The molecule has 1 amide bonds. The maximum Gasteiger partial charge on any atom is 0.257 e. The molecule has 3 heterocycles. The van der Waals surface area contributed by atoms with Crippen molar-refractivity contribution in [3.8, 4) is 17.2 Å². The van der Waals surface area contributed by atoms with Gasteiger partial charge in [-0.15, -0.1) is 0 Å². The number of hydrogen-bond acceptors (Lipinski definition) is 4. The van der Waals surface area contributed by atoms with Gasteiger partial charge in [0.2, 0.25) is 0 Å². The molecule has 0 saturated carbocycles. The maximum atomic E-state index is 13.3. The molecule has 3 aromatic rings. The quantitative estimate of drug-likeness (QED) is 0.598. The number of rotatable bonds is 3. The third-order valence-electron chi connectivity index (χ3n) is 5.89. The molecule has 5 rings (SSSR count). The predicted molar refractivity (Wildman–Crippen MR) is 114 cm³/mol. The van der Waals surface area contributed by atoms with E-state index in [0.29, 0.717) is 45.8 Å². The highest BCUT2D eigenvalue weighted by Crippen LogP contribution is 2.43. The smallest absolute Gasteiger partial charge is 0.257 e. The SMILES string of the molecule is COc1cc2c(cc1OC)[C@H]1Cc3c(cnn3-c3cc(Cl)ccc3Cl)C(=O)N1CC2. The Morgan fingerprint density at radius 3 is 2.63 bits per heavy atom. The van der Waals surface area contributed by atoms with Gasteiger partial charge in [0.05, 0.1) is 48.4 Å². The van der Waals surface area contributed by atoms with Crippen LogP contribution >= 0.6 is 23.2 Å². The standard InChI is InChI=1S/C22H19Cl2N3O3/c1-29-20-7-12-5-6-26-17(14(12)9-21(20)30-2)10-18-15(22(26)28)11-25-27(18)19-8-13(23)3-4-16(19)24/h3-4,7-9,11,17H,5-6,10H2,1-2H3/t17-/m1/s1. The second-order valence-corrected chi connectivity index (χ2v) is 8.23. The summed E-state index contributed by atoms with van der Waals surface area (Å²) in [5, 5.41) is 5.56. The fourth-order valence-electron chi connectivity index (χ4n) is 4.43. The van der Waals surface area contributed by atoms with Crippen LogP contribution in [0.15, 0.2) is 36.5 Å². The van der Waals surface area contributed by atoms with Crippen molar-refractivity contribution in [2.75, 3.05) is 20.8 Å². The summed E-state index contributed by atoms with van der Waals surface area (Å²) >= 11 is 12.6. The molecule has 0 spiro atoms. The fraction of sp³-hybridized carbons (Fsp3) is 0.273. The summed E-state index contributed by atoms with van der Waals surface area (Å²) in [4.78, 5) is 15.2. The van der Waals surface area contributed by atoms with Crippen LogP contribution in [0.4, 0.5) is 0 Å². The summed E-state index contributed by atoms with van der Waals surface area (Å²) in [6, 6.07) is 9.11. The van der Waals surface area contributed by atoms with E-state index in [4.69, 9.17) is 32.7 Å². The van der Waals surface area contributed by atoms with E-state index in [1.165, 1.54) is 0 Å². The Labute approximate surface area is 183 Å². The van der Waals surface area contributed by atoms with E-state index < -0.39 is 0 Å². The van der Waals surface area contributed by atoms with Crippen molar-refractivity contribution >= 4 is 29.1 Å². The maximum absolute atomic E-state index is 13.3. The Balaban J connectivity index is 1.63. The number of ether oxygens (including phenoxy) is 2. The molecular formula is C22H19Cl2N3O3. The highest BCUT2D eigenvalue weighted by atomic mass is 35.5. The number of carbonyl (C=O) groups excluding carboxylic acids is 1. The molecule has 0 saturated heterocycles. The van der Waals surface area contributed by atoms with Crippen LogP contribution in [0.1, 0.15) is 33.2 Å². The molecule has 0 unspecified atom stereocenters. The van der Waals surface area contributed by atoms with Gasteiger partial charge in [0.15, 0.2) is 11.5 Å². The van der Waals surface area contributed by atoms with Crippen LogP contribution in [0, 0.1) is 0 Å². The molecule has 30 heavy (non-hydrogen) atoms. The number of benzene rings is 2. The summed E-state index contributed by atoms with van der Waals surface area (Å²) in [7, 11) is 3.24. The highest BCUT2D eigenvalue weighted by Gasteiger charge is 2.39. The lowest BCUT2D eigenvalue weighted by Gasteiger charge is -2.40. The zero-order valence-corrected chi connectivity index (χ0v) is 18.0. The number of methoxy groups -OCH3 is 2. The first-order valence-corrected chi connectivity index (χ1v) is 10.4. The first kappa shape index (κ1) is 19.3. The monoisotopic (exact) mass is 443 g/mol. The van der Waals surface area contributed by atoms with Crippen LogP contribution in [0.2, 0.25) is 10.0 Å². The second-order valence-electron chi connectivity index (χ2n) is 7.39. The summed E-state index contributed by atoms with van der Waals surface area (Å²) < 4.78 is 12.7. The van der Waals surface area contributed by atoms with Crippen LogP contribution in [0.25, 0.3) is 5.69 Å². The molecule has 2 aromatic carbocycles. The van der Waals surface area contributed by atoms with Gasteiger partial charge in [-0.05, 0) is 47.9 Å². The molecule has 6 nitrogen and oxygen atoms in total. The Morgan fingerprint density at radius 1 is 1.10 bits per heavy atom. The highest BCUT2D eigenvalue weighted by molar-refractivity contribution is 6.34. The van der Waals surface area contributed by atoms with Crippen LogP contribution in [-0.4, -0.2) is 41.4 Å². The zero-order valence-electron chi connectivity index (χ0n) is 16.5. The number of carbonyl (C=O) groups is 1. The Bertz CT molecular complexity index is 1170. The molecule has 154 valence electrons. The predicted octanol–water partition coefficient (Wildman–Crippen LogP) is 4.49. The van der Waals surface area contributed by atoms with Gasteiger partial charge in [-0.3, -0.25) is 4.79 Å². The number of fused-ring (bicyclic) bond motifs is 4. The largest absolute Gasteiger partial charge is 0.493 e. The van der Waals surface area contributed by atoms with Gasteiger partial charge >= 0.3 is 0 Å². The molecule has 0 N–H and O–H groups in total. The number of amides is 1. The lowest BCUT2D eigenvalue weighted by Crippen LogP contribution is -2.44. The summed E-state index contributed by atoms with van der Waals surface area (Å²) in [5.74, 6) is 1.33. The van der Waals surface area contributed by atoms with Crippen LogP contribution in [-0.2, 0) is 12.8 Å². The van der Waals surface area contributed by atoms with Crippen LogP contribution in [0.5, 0.6) is 11.5 Å². The summed E-state index contributed by atoms with van der Waals surface area (Å²) in [6.07, 6.45) is 3.00. The topological polar surface area (TPSA) is 56.6 Å². The number of aromatic nitrogens is 2. The molecule has 2 aliphatic heterocycles. The Kier molecular flexibility index (Phi) is 4.64. The Hall–Kier alpha value is -2.70. The van der Waals surface area contributed by atoms with Gasteiger partial charge in [0.1, 0.15) is 0 Å². The van der Waals surface area contributed by atoms with Crippen LogP contribution < -0.4 is 9.47 Å². The van der Waals surface area contributed by atoms with Crippen molar-refractivity contribution in [3.05, 3.63) is 69.0 Å². The number of hydrogen-bond donors (Lipinski definition) is 0. The minimum absolute atomic E-state index is 0.0221. The Morgan fingerprint density at radius 2 is 1.87 bits per heavy atom. The molecule has 0 aliphatic carbocycles. The van der Waals surface area contributed by atoms with E-state index in [9.17, 15) is 4.79 Å². The van der Waals surface area contributed by atoms with E-state index in [1.807, 2.05) is 17.0 Å². The van der Waals surface area contributed by atoms with Crippen molar-refractivity contribution in [2.45, 2.75) is 18.9 Å². The molecule has 0 fully saturated rings. The second kappa shape index (κ2) is 7.22. The minimum Gasteiger partial charge on any atom is -0.493 e.